The van der Waals surface area contributed by atoms with E-state index >= 15 is 0 Å². The van der Waals surface area contributed by atoms with Crippen LogP contribution in [-0.4, -0.2) is 17.0 Å². The van der Waals surface area contributed by atoms with Crippen LogP contribution in [0.5, 0.6) is 0 Å². The smallest absolute Gasteiger partial charge is 0.343 e. The van der Waals surface area contributed by atoms with Crippen molar-refractivity contribution in [3.63, 3.8) is 0 Å². The molecule has 0 amide bonds. The minimum Gasteiger partial charge on any atom is -0.462 e. The van der Waals surface area contributed by atoms with Crippen molar-refractivity contribution in [2.75, 3.05) is 12.3 Å². The summed E-state index contributed by atoms with van der Waals surface area (Å²) in [5, 5.41) is 0.569. The number of carbonyl (C=O) groups is 1. The molecule has 0 spiro atoms. The lowest BCUT2D eigenvalue weighted by atomic mass is 9.95. The average Bonchev–Trinajstić information content (AvgIpc) is 3.51. The van der Waals surface area contributed by atoms with Gasteiger partial charge in [-0.2, -0.15) is 0 Å². The van der Waals surface area contributed by atoms with Gasteiger partial charge >= 0.3 is 5.97 Å². The van der Waals surface area contributed by atoms with E-state index in [2.05, 4.69) is 0 Å². The fraction of sp³-hybridized carbons (Fsp3) is 0.304. The maximum absolute atomic E-state index is 13.0. The minimum atomic E-state index is -0.576. The lowest BCUT2D eigenvalue weighted by Gasteiger charge is -2.17. The van der Waals surface area contributed by atoms with Crippen molar-refractivity contribution in [1.82, 2.24) is 4.40 Å². The molecule has 2 heterocycles. The summed E-state index contributed by atoms with van der Waals surface area (Å²) in [6, 6.07) is 7.32. The van der Waals surface area contributed by atoms with Crippen molar-refractivity contribution < 1.29 is 9.53 Å². The standard InChI is InChI=1S/C23H23ClN2O3/c1-4-29-23(28)18-10-16(14-5-6-14)21-13(3)15(7-8-26(21)22(18)27)17-9-12(2)20(25)11-19(17)24/h7-11,14H,4-6,25H2,1-3H3. The molecule has 1 aliphatic rings. The van der Waals surface area contributed by atoms with Gasteiger partial charge in [-0.3, -0.25) is 9.20 Å². The highest BCUT2D eigenvalue weighted by Crippen LogP contribution is 2.44. The molecule has 0 atom stereocenters. The molecule has 3 aromatic rings. The number of nitrogens with two attached hydrogens (primary N) is 1. The van der Waals surface area contributed by atoms with Crippen LogP contribution in [0, 0.1) is 13.8 Å². The first-order valence-electron chi connectivity index (χ1n) is 9.75. The molecule has 1 saturated carbocycles. The molecule has 6 heteroatoms. The van der Waals surface area contributed by atoms with Gasteiger partial charge in [0.1, 0.15) is 5.56 Å². The Labute approximate surface area is 174 Å². The predicted octanol–water partition coefficient (Wildman–Crippen LogP) is 4.87. The lowest BCUT2D eigenvalue weighted by Crippen LogP contribution is -2.25. The normalized spacial score (nSPS) is 13.7. The Hall–Kier alpha value is -2.79. The maximum Gasteiger partial charge on any atom is 0.343 e. The Morgan fingerprint density at radius 1 is 1.24 bits per heavy atom. The Kier molecular flexibility index (Phi) is 4.87. The van der Waals surface area contributed by atoms with Crippen LogP contribution in [0.15, 0.2) is 35.3 Å². The molecule has 0 aliphatic heterocycles. The van der Waals surface area contributed by atoms with Gasteiger partial charge in [0, 0.05) is 17.4 Å². The van der Waals surface area contributed by atoms with Crippen LogP contribution >= 0.6 is 11.6 Å². The fourth-order valence-electron chi connectivity index (χ4n) is 3.85. The third-order valence-corrected chi connectivity index (χ3v) is 5.88. The van der Waals surface area contributed by atoms with Crippen LogP contribution in [0.4, 0.5) is 5.69 Å². The van der Waals surface area contributed by atoms with Gasteiger partial charge in [-0.05, 0) is 86.1 Å². The zero-order chi connectivity index (χ0) is 20.9. The molecule has 1 aromatic carbocycles. The second-order valence-corrected chi connectivity index (χ2v) is 7.98. The number of anilines is 1. The summed E-state index contributed by atoms with van der Waals surface area (Å²) in [6.45, 7) is 5.89. The third-order valence-electron chi connectivity index (χ3n) is 5.57. The first-order chi connectivity index (χ1) is 13.8. The van der Waals surface area contributed by atoms with Crippen LogP contribution < -0.4 is 11.3 Å². The van der Waals surface area contributed by atoms with Gasteiger partial charge < -0.3 is 10.5 Å². The van der Waals surface area contributed by atoms with Crippen LogP contribution in [0.3, 0.4) is 0 Å². The number of benzene rings is 1. The Morgan fingerprint density at radius 2 is 1.97 bits per heavy atom. The zero-order valence-corrected chi connectivity index (χ0v) is 17.5. The SMILES string of the molecule is CCOC(=O)c1cc(C2CC2)c2c(C)c(-c3cc(C)c(N)cc3Cl)ccn2c1=O. The highest BCUT2D eigenvalue weighted by Gasteiger charge is 2.30. The van der Waals surface area contributed by atoms with E-state index in [1.165, 1.54) is 0 Å². The Balaban J connectivity index is 2.01. The number of nitrogens with zero attached hydrogens (tertiary/aromatic N) is 1. The number of esters is 1. The molecule has 0 radical (unpaired) electrons. The summed E-state index contributed by atoms with van der Waals surface area (Å²) in [4.78, 5) is 25.4. The number of fused-ring (bicyclic) bond motifs is 1. The summed E-state index contributed by atoms with van der Waals surface area (Å²) in [6.07, 6.45) is 3.81. The van der Waals surface area contributed by atoms with Gasteiger partial charge in [-0.15, -0.1) is 0 Å². The molecule has 1 fully saturated rings. The molecule has 5 nitrogen and oxygen atoms in total. The molecular formula is C23H23ClN2O3. The summed E-state index contributed by atoms with van der Waals surface area (Å²) < 4.78 is 6.66. The number of hydrogen-bond acceptors (Lipinski definition) is 4. The zero-order valence-electron chi connectivity index (χ0n) is 16.7. The third kappa shape index (κ3) is 3.29. The Morgan fingerprint density at radius 3 is 2.62 bits per heavy atom. The number of carbonyl (C=O) groups excluding carboxylic acids is 1. The summed E-state index contributed by atoms with van der Waals surface area (Å²) in [5.74, 6) is -0.232. The highest BCUT2D eigenvalue weighted by molar-refractivity contribution is 6.33. The van der Waals surface area contributed by atoms with Gasteiger partial charge in [0.05, 0.1) is 17.1 Å². The summed E-state index contributed by atoms with van der Waals surface area (Å²) >= 11 is 6.50. The van der Waals surface area contributed by atoms with E-state index in [-0.39, 0.29) is 17.7 Å². The minimum absolute atomic E-state index is 0.0831. The first-order valence-corrected chi connectivity index (χ1v) is 10.1. The molecule has 0 unspecified atom stereocenters. The molecule has 0 saturated heterocycles. The number of aryl methyl sites for hydroxylation is 2. The largest absolute Gasteiger partial charge is 0.462 e. The van der Waals surface area contributed by atoms with Gasteiger partial charge in [0.25, 0.3) is 5.56 Å². The number of ether oxygens (including phenoxy) is 1. The summed E-state index contributed by atoms with van der Waals surface area (Å²) in [7, 11) is 0. The van der Waals surface area contributed by atoms with Gasteiger partial charge in [-0.25, -0.2) is 4.79 Å². The second kappa shape index (κ2) is 7.23. The van der Waals surface area contributed by atoms with Crippen LogP contribution in [-0.2, 0) is 4.74 Å². The van der Waals surface area contributed by atoms with E-state index in [4.69, 9.17) is 22.1 Å². The van der Waals surface area contributed by atoms with E-state index in [0.29, 0.717) is 16.6 Å². The molecule has 4 rings (SSSR count). The van der Waals surface area contributed by atoms with Crippen LogP contribution in [0.2, 0.25) is 5.02 Å². The molecule has 150 valence electrons. The van der Waals surface area contributed by atoms with Crippen molar-refractivity contribution in [2.45, 2.75) is 39.5 Å². The van der Waals surface area contributed by atoms with E-state index in [1.807, 2.05) is 26.0 Å². The highest BCUT2D eigenvalue weighted by atomic mass is 35.5. The maximum atomic E-state index is 13.0. The number of pyridine rings is 2. The predicted molar refractivity (Wildman–Crippen MR) is 116 cm³/mol. The van der Waals surface area contributed by atoms with Crippen molar-refractivity contribution >= 4 is 28.8 Å². The molecule has 0 bridgehead atoms. The lowest BCUT2D eigenvalue weighted by molar-refractivity contribution is 0.0524. The monoisotopic (exact) mass is 410 g/mol. The topological polar surface area (TPSA) is 73.8 Å². The molecule has 2 N–H and O–H groups in total. The first kappa shape index (κ1) is 19.5. The fourth-order valence-corrected chi connectivity index (χ4v) is 4.13. The van der Waals surface area contributed by atoms with Gasteiger partial charge in [0.2, 0.25) is 0 Å². The van der Waals surface area contributed by atoms with Crippen molar-refractivity contribution in [1.29, 1.82) is 0 Å². The van der Waals surface area contributed by atoms with Crippen molar-refractivity contribution in [3.8, 4) is 11.1 Å². The average molecular weight is 411 g/mol. The van der Waals surface area contributed by atoms with Crippen molar-refractivity contribution in [3.05, 3.63) is 68.1 Å². The van der Waals surface area contributed by atoms with Gasteiger partial charge in [0.15, 0.2) is 0 Å². The Bertz CT molecular complexity index is 1210. The van der Waals surface area contributed by atoms with E-state index in [0.717, 1.165) is 46.2 Å². The molecule has 1 aliphatic carbocycles. The number of rotatable bonds is 4. The van der Waals surface area contributed by atoms with Crippen LogP contribution in [0.25, 0.3) is 16.6 Å². The number of nitrogen functional groups attached to an aromatic ring is 1. The molecule has 29 heavy (non-hydrogen) atoms. The van der Waals surface area contributed by atoms with E-state index in [1.54, 1.807) is 29.7 Å². The quantitative estimate of drug-likeness (QED) is 0.491. The number of halogens is 1. The van der Waals surface area contributed by atoms with E-state index in [9.17, 15) is 9.59 Å². The second-order valence-electron chi connectivity index (χ2n) is 7.57. The van der Waals surface area contributed by atoms with Gasteiger partial charge in [-0.1, -0.05) is 11.6 Å². The number of hydrogen-bond donors (Lipinski definition) is 1. The van der Waals surface area contributed by atoms with Crippen molar-refractivity contribution in [2.24, 2.45) is 0 Å². The molecular weight excluding hydrogens is 388 g/mol. The van der Waals surface area contributed by atoms with E-state index < -0.39 is 5.97 Å². The summed E-state index contributed by atoms with van der Waals surface area (Å²) in [5.41, 5.74) is 11.9. The van der Waals surface area contributed by atoms with Crippen LogP contribution in [0.1, 0.15) is 52.7 Å². The number of aromatic nitrogens is 1. The molecule has 2 aromatic heterocycles.